The van der Waals surface area contributed by atoms with Crippen molar-refractivity contribution in [2.45, 2.75) is 38.1 Å². The van der Waals surface area contributed by atoms with E-state index in [1.807, 2.05) is 0 Å². The van der Waals surface area contributed by atoms with E-state index in [1.165, 1.54) is 19.3 Å². The van der Waals surface area contributed by atoms with E-state index in [2.05, 4.69) is 10.6 Å². The molecule has 1 aliphatic rings. The molecule has 1 fully saturated rings. The van der Waals surface area contributed by atoms with Crippen molar-refractivity contribution in [1.29, 1.82) is 0 Å². The molecule has 14 heavy (non-hydrogen) atoms. The monoisotopic (exact) mass is 197 g/mol. The summed E-state index contributed by atoms with van der Waals surface area (Å²) < 4.78 is 0. The van der Waals surface area contributed by atoms with Gasteiger partial charge in [-0.1, -0.05) is 19.3 Å². The van der Waals surface area contributed by atoms with Gasteiger partial charge in [0.1, 0.15) is 0 Å². The van der Waals surface area contributed by atoms with E-state index in [4.69, 9.17) is 0 Å². The molecule has 0 spiro atoms. The molecule has 0 saturated heterocycles. The Morgan fingerprint density at radius 2 is 2.00 bits per heavy atom. The Hall–Kier alpha value is -0.900. The highest BCUT2D eigenvalue weighted by Crippen LogP contribution is 2.16. The van der Waals surface area contributed by atoms with Crippen LogP contribution in [-0.4, -0.2) is 31.3 Å². The van der Waals surface area contributed by atoms with Crippen molar-refractivity contribution in [1.82, 2.24) is 10.6 Å². The van der Waals surface area contributed by atoms with Crippen molar-refractivity contribution in [3.8, 4) is 0 Å². The molecule has 0 atom stereocenters. The second kappa shape index (κ2) is 6.54. The summed E-state index contributed by atoms with van der Waals surface area (Å²) in [7, 11) is 0. The Kier molecular flexibility index (Phi) is 5.22. The Morgan fingerprint density at radius 1 is 1.29 bits per heavy atom. The van der Waals surface area contributed by atoms with Crippen LogP contribution in [-0.2, 0) is 9.59 Å². The van der Waals surface area contributed by atoms with Crippen LogP contribution in [0.3, 0.4) is 0 Å². The first-order chi connectivity index (χ1) is 6.83. The van der Waals surface area contributed by atoms with Crippen LogP contribution in [0.1, 0.15) is 32.1 Å². The summed E-state index contributed by atoms with van der Waals surface area (Å²) in [6.07, 6.45) is 7.76. The second-order valence-electron chi connectivity index (χ2n) is 3.64. The van der Waals surface area contributed by atoms with Gasteiger partial charge in [-0.05, 0) is 12.8 Å². The Balaban J connectivity index is 2.06. The predicted molar refractivity (Wildman–Crippen MR) is 53.6 cm³/mol. The van der Waals surface area contributed by atoms with Gasteiger partial charge >= 0.3 is 0 Å². The van der Waals surface area contributed by atoms with Crippen LogP contribution >= 0.6 is 0 Å². The number of carbonyl (C=O) groups excluding carboxylic acids is 2. The van der Waals surface area contributed by atoms with Crippen LogP contribution in [0.25, 0.3) is 0 Å². The molecular formula is C10H17N2O2. The van der Waals surface area contributed by atoms with E-state index in [-0.39, 0.29) is 12.5 Å². The van der Waals surface area contributed by atoms with E-state index in [0.717, 1.165) is 12.8 Å². The SMILES string of the molecule is O=[C]CNC(=O)CNC1CCCCC1. The van der Waals surface area contributed by atoms with Crippen LogP contribution in [0.15, 0.2) is 0 Å². The maximum atomic E-state index is 11.1. The zero-order valence-electron chi connectivity index (χ0n) is 8.34. The minimum Gasteiger partial charge on any atom is -0.347 e. The zero-order valence-corrected chi connectivity index (χ0v) is 8.34. The molecule has 1 radical (unpaired) electrons. The molecule has 0 unspecified atom stereocenters. The second-order valence-corrected chi connectivity index (χ2v) is 3.64. The molecule has 0 aromatic rings. The molecule has 4 nitrogen and oxygen atoms in total. The van der Waals surface area contributed by atoms with Crippen molar-refractivity contribution < 1.29 is 9.59 Å². The molecule has 4 heteroatoms. The normalized spacial score (nSPS) is 17.7. The highest BCUT2D eigenvalue weighted by molar-refractivity contribution is 5.80. The Labute approximate surface area is 84.4 Å². The molecule has 79 valence electrons. The third-order valence-electron chi connectivity index (χ3n) is 2.51. The minimum absolute atomic E-state index is 0.00875. The molecule has 0 aliphatic heterocycles. The molecule has 0 heterocycles. The summed E-state index contributed by atoms with van der Waals surface area (Å²) in [4.78, 5) is 20.9. The highest BCUT2D eigenvalue weighted by Gasteiger charge is 2.13. The molecule has 1 rings (SSSR count). The van der Waals surface area contributed by atoms with Gasteiger partial charge in [-0.15, -0.1) is 0 Å². The fourth-order valence-corrected chi connectivity index (χ4v) is 1.74. The van der Waals surface area contributed by atoms with Crippen LogP contribution in [0.4, 0.5) is 0 Å². The summed E-state index contributed by atoms with van der Waals surface area (Å²) in [6, 6.07) is 0.481. The largest absolute Gasteiger partial charge is 0.347 e. The van der Waals surface area contributed by atoms with Crippen molar-refractivity contribution in [3.63, 3.8) is 0 Å². The number of amides is 1. The minimum atomic E-state index is -0.126. The van der Waals surface area contributed by atoms with Gasteiger partial charge in [0.05, 0.1) is 13.1 Å². The van der Waals surface area contributed by atoms with Gasteiger partial charge in [0.2, 0.25) is 12.2 Å². The average Bonchev–Trinajstić information content (AvgIpc) is 2.25. The summed E-state index contributed by atoms with van der Waals surface area (Å²) >= 11 is 0. The number of hydrogen-bond acceptors (Lipinski definition) is 3. The number of rotatable bonds is 5. The van der Waals surface area contributed by atoms with Gasteiger partial charge in [0, 0.05) is 6.04 Å². The molecule has 1 amide bonds. The van der Waals surface area contributed by atoms with Crippen LogP contribution < -0.4 is 10.6 Å². The topological polar surface area (TPSA) is 58.2 Å². The van der Waals surface area contributed by atoms with Gasteiger partial charge in [0.25, 0.3) is 0 Å². The van der Waals surface area contributed by atoms with E-state index >= 15 is 0 Å². The summed E-state index contributed by atoms with van der Waals surface area (Å²) in [5.74, 6) is -0.126. The van der Waals surface area contributed by atoms with Crippen LogP contribution in [0.2, 0.25) is 0 Å². The van der Waals surface area contributed by atoms with E-state index < -0.39 is 0 Å². The van der Waals surface area contributed by atoms with Crippen LogP contribution in [0, 0.1) is 0 Å². The smallest absolute Gasteiger partial charge is 0.234 e. The first-order valence-corrected chi connectivity index (χ1v) is 5.18. The van der Waals surface area contributed by atoms with E-state index in [0.29, 0.717) is 12.6 Å². The number of carbonyl (C=O) groups is 1. The van der Waals surface area contributed by atoms with Crippen molar-refractivity contribution in [2.24, 2.45) is 0 Å². The first-order valence-electron chi connectivity index (χ1n) is 5.18. The first kappa shape index (κ1) is 11.2. The van der Waals surface area contributed by atoms with Crippen molar-refractivity contribution in [2.75, 3.05) is 13.1 Å². The summed E-state index contributed by atoms with van der Waals surface area (Å²) in [5.41, 5.74) is 0. The third-order valence-corrected chi connectivity index (χ3v) is 2.51. The lowest BCUT2D eigenvalue weighted by Gasteiger charge is -2.22. The molecule has 1 aliphatic carbocycles. The molecular weight excluding hydrogens is 180 g/mol. The fraction of sp³-hybridized carbons (Fsp3) is 0.800. The maximum absolute atomic E-state index is 11.1. The summed E-state index contributed by atoms with van der Waals surface area (Å²) in [6.45, 7) is 0.303. The van der Waals surface area contributed by atoms with Crippen molar-refractivity contribution >= 4 is 12.2 Å². The quantitative estimate of drug-likeness (QED) is 0.659. The maximum Gasteiger partial charge on any atom is 0.234 e. The fourth-order valence-electron chi connectivity index (χ4n) is 1.74. The van der Waals surface area contributed by atoms with Gasteiger partial charge in [-0.2, -0.15) is 0 Å². The average molecular weight is 197 g/mol. The lowest BCUT2D eigenvalue weighted by atomic mass is 9.95. The highest BCUT2D eigenvalue weighted by atomic mass is 16.2. The molecule has 1 saturated carbocycles. The van der Waals surface area contributed by atoms with Gasteiger partial charge in [-0.3, -0.25) is 9.59 Å². The molecule has 0 aromatic heterocycles. The predicted octanol–water partition coefficient (Wildman–Crippen LogP) is 0.135. The Bertz CT molecular complexity index is 189. The van der Waals surface area contributed by atoms with Gasteiger partial charge in [0.15, 0.2) is 0 Å². The summed E-state index contributed by atoms with van der Waals surface area (Å²) in [5, 5.41) is 5.64. The van der Waals surface area contributed by atoms with Gasteiger partial charge in [-0.25, -0.2) is 0 Å². The number of hydrogen-bond donors (Lipinski definition) is 2. The lowest BCUT2D eigenvalue weighted by molar-refractivity contribution is -0.120. The molecule has 2 N–H and O–H groups in total. The zero-order chi connectivity index (χ0) is 10.2. The van der Waals surface area contributed by atoms with E-state index in [9.17, 15) is 9.59 Å². The molecule has 0 bridgehead atoms. The van der Waals surface area contributed by atoms with Crippen molar-refractivity contribution in [3.05, 3.63) is 0 Å². The lowest BCUT2D eigenvalue weighted by Crippen LogP contribution is -2.40. The number of nitrogens with one attached hydrogen (secondary N) is 2. The van der Waals surface area contributed by atoms with Crippen LogP contribution in [0.5, 0.6) is 0 Å². The standard InChI is InChI=1S/C10H17N2O2/c13-7-6-11-10(14)8-12-9-4-2-1-3-5-9/h9,12H,1-6,8H2,(H,11,14). The molecule has 0 aromatic carbocycles. The Morgan fingerprint density at radius 3 is 2.64 bits per heavy atom. The van der Waals surface area contributed by atoms with E-state index in [1.54, 1.807) is 6.29 Å². The third kappa shape index (κ3) is 4.37. The van der Waals surface area contributed by atoms with Gasteiger partial charge < -0.3 is 10.6 Å².